The molecule has 0 saturated carbocycles. The van der Waals surface area contributed by atoms with Crippen molar-refractivity contribution in [2.45, 2.75) is 12.5 Å². The SMILES string of the molecule is CC(=O)N1C(=O)[C@@](O)(c2coc3ccccc23)c2ccccc21. The second-order valence-corrected chi connectivity index (χ2v) is 5.53. The summed E-state index contributed by atoms with van der Waals surface area (Å²) in [5.41, 5.74) is -0.240. The number of aliphatic hydroxyl groups is 1. The predicted octanol–water partition coefficient (Wildman–Crippen LogP) is 2.56. The third-order valence-corrected chi connectivity index (χ3v) is 4.23. The molecule has 0 unspecified atom stereocenters. The van der Waals surface area contributed by atoms with Crippen LogP contribution in [0, 0.1) is 0 Å². The molecule has 1 aromatic heterocycles. The van der Waals surface area contributed by atoms with Crippen LogP contribution in [0.15, 0.2) is 59.2 Å². The Morgan fingerprint density at radius 2 is 1.78 bits per heavy atom. The molecule has 3 aromatic rings. The lowest BCUT2D eigenvalue weighted by atomic mass is 9.87. The third kappa shape index (κ3) is 1.65. The second kappa shape index (κ2) is 4.54. The van der Waals surface area contributed by atoms with E-state index in [1.165, 1.54) is 13.2 Å². The van der Waals surface area contributed by atoms with E-state index < -0.39 is 17.4 Å². The third-order valence-electron chi connectivity index (χ3n) is 4.23. The van der Waals surface area contributed by atoms with Crippen LogP contribution in [0.4, 0.5) is 5.69 Å². The van der Waals surface area contributed by atoms with Crippen LogP contribution in [0.3, 0.4) is 0 Å². The van der Waals surface area contributed by atoms with Gasteiger partial charge in [0.15, 0.2) is 0 Å². The molecule has 0 saturated heterocycles. The Morgan fingerprint density at radius 3 is 2.57 bits per heavy atom. The number of carbonyl (C=O) groups excluding carboxylic acids is 2. The maximum atomic E-state index is 12.9. The molecule has 0 radical (unpaired) electrons. The average molecular weight is 307 g/mol. The maximum Gasteiger partial charge on any atom is 0.275 e. The molecule has 0 bridgehead atoms. The number of anilines is 1. The van der Waals surface area contributed by atoms with Crippen molar-refractivity contribution in [2.75, 3.05) is 4.90 Å². The first-order valence-corrected chi connectivity index (χ1v) is 7.19. The number of amides is 2. The van der Waals surface area contributed by atoms with Gasteiger partial charge in [0.05, 0.1) is 12.0 Å². The van der Waals surface area contributed by atoms with E-state index in [2.05, 4.69) is 0 Å². The van der Waals surface area contributed by atoms with Gasteiger partial charge < -0.3 is 9.52 Å². The highest BCUT2D eigenvalue weighted by molar-refractivity contribution is 6.23. The number of nitrogens with zero attached hydrogens (tertiary/aromatic N) is 1. The van der Waals surface area contributed by atoms with Gasteiger partial charge in [-0.25, -0.2) is 4.90 Å². The minimum atomic E-state index is -1.94. The van der Waals surface area contributed by atoms with Crippen molar-refractivity contribution in [1.82, 2.24) is 0 Å². The summed E-state index contributed by atoms with van der Waals surface area (Å²) in [5, 5.41) is 11.9. The molecule has 23 heavy (non-hydrogen) atoms. The smallest absolute Gasteiger partial charge is 0.275 e. The zero-order valence-corrected chi connectivity index (χ0v) is 12.3. The summed E-state index contributed by atoms with van der Waals surface area (Å²) in [5.74, 6) is -1.12. The molecule has 1 N–H and O–H groups in total. The topological polar surface area (TPSA) is 70.8 Å². The molecule has 4 rings (SSSR count). The summed E-state index contributed by atoms with van der Waals surface area (Å²) in [4.78, 5) is 25.8. The lowest BCUT2D eigenvalue weighted by molar-refractivity contribution is -0.135. The number of fused-ring (bicyclic) bond motifs is 2. The zero-order valence-electron chi connectivity index (χ0n) is 12.3. The number of rotatable bonds is 1. The molecule has 2 amide bonds. The van der Waals surface area contributed by atoms with Crippen molar-refractivity contribution in [3.63, 3.8) is 0 Å². The second-order valence-electron chi connectivity index (χ2n) is 5.53. The molecule has 1 aliphatic rings. The van der Waals surface area contributed by atoms with Crippen LogP contribution < -0.4 is 4.90 Å². The summed E-state index contributed by atoms with van der Waals surface area (Å²) in [6.45, 7) is 1.30. The van der Waals surface area contributed by atoms with E-state index in [4.69, 9.17) is 4.42 Å². The molecule has 2 heterocycles. The van der Waals surface area contributed by atoms with E-state index in [1.807, 2.05) is 6.07 Å². The normalized spacial score (nSPS) is 20.1. The number of furan rings is 1. The lowest BCUT2D eigenvalue weighted by Gasteiger charge is -2.21. The molecule has 1 atom stereocenters. The Labute approximate surface area is 131 Å². The predicted molar refractivity (Wildman–Crippen MR) is 83.8 cm³/mol. The minimum absolute atomic E-state index is 0.342. The Morgan fingerprint density at radius 1 is 1.09 bits per heavy atom. The number of imide groups is 1. The summed E-state index contributed by atoms with van der Waals surface area (Å²) in [7, 11) is 0. The average Bonchev–Trinajstić information content (AvgIpc) is 3.07. The van der Waals surface area contributed by atoms with Crippen molar-refractivity contribution in [1.29, 1.82) is 0 Å². The van der Waals surface area contributed by atoms with Gasteiger partial charge in [-0.15, -0.1) is 0 Å². The lowest BCUT2D eigenvalue weighted by Crippen LogP contribution is -2.43. The zero-order chi connectivity index (χ0) is 16.2. The summed E-state index contributed by atoms with van der Waals surface area (Å²) in [6.07, 6.45) is 1.38. The molecule has 0 fully saturated rings. The van der Waals surface area contributed by atoms with E-state index in [0.29, 0.717) is 27.8 Å². The summed E-state index contributed by atoms with van der Waals surface area (Å²) < 4.78 is 5.47. The fraction of sp³-hybridized carbons (Fsp3) is 0.111. The van der Waals surface area contributed by atoms with Crippen LogP contribution in [-0.4, -0.2) is 16.9 Å². The molecule has 0 aliphatic carbocycles. The van der Waals surface area contributed by atoms with E-state index in [-0.39, 0.29) is 0 Å². The van der Waals surface area contributed by atoms with E-state index in [9.17, 15) is 14.7 Å². The Hall–Kier alpha value is -2.92. The number of carbonyl (C=O) groups is 2. The molecule has 1 aliphatic heterocycles. The van der Waals surface area contributed by atoms with Crippen molar-refractivity contribution in [3.8, 4) is 0 Å². The van der Waals surface area contributed by atoms with Crippen molar-refractivity contribution in [2.24, 2.45) is 0 Å². The van der Waals surface area contributed by atoms with Gasteiger partial charge in [-0.1, -0.05) is 36.4 Å². The van der Waals surface area contributed by atoms with Crippen LogP contribution in [0.25, 0.3) is 11.0 Å². The molecule has 0 spiro atoms. The van der Waals surface area contributed by atoms with E-state index in [1.54, 1.807) is 42.5 Å². The van der Waals surface area contributed by atoms with Crippen LogP contribution in [0.1, 0.15) is 18.1 Å². The summed E-state index contributed by atoms with van der Waals surface area (Å²) >= 11 is 0. The van der Waals surface area contributed by atoms with Crippen LogP contribution >= 0.6 is 0 Å². The highest BCUT2D eigenvalue weighted by Crippen LogP contribution is 2.46. The highest BCUT2D eigenvalue weighted by Gasteiger charge is 2.53. The van der Waals surface area contributed by atoms with Gasteiger partial charge in [0.1, 0.15) is 5.58 Å². The van der Waals surface area contributed by atoms with Crippen molar-refractivity contribution in [3.05, 3.63) is 65.9 Å². The van der Waals surface area contributed by atoms with Gasteiger partial charge in [-0.2, -0.15) is 0 Å². The van der Waals surface area contributed by atoms with Crippen LogP contribution in [-0.2, 0) is 15.2 Å². The summed E-state index contributed by atoms with van der Waals surface area (Å²) in [6, 6.07) is 13.9. The Bertz CT molecular complexity index is 958. The molecule has 114 valence electrons. The largest absolute Gasteiger partial charge is 0.464 e. The Balaban J connectivity index is 2.04. The highest BCUT2D eigenvalue weighted by atomic mass is 16.3. The van der Waals surface area contributed by atoms with Crippen LogP contribution in [0.5, 0.6) is 0 Å². The van der Waals surface area contributed by atoms with Gasteiger partial charge in [-0.05, 0) is 12.1 Å². The standard InChI is InChI=1S/C18H13NO4/c1-11(20)19-15-8-4-3-7-13(15)18(22,17(19)21)14-10-23-16-9-5-2-6-12(14)16/h2-10,22H,1H3/t18-/m0/s1. The molecular formula is C18H13NO4. The van der Waals surface area contributed by atoms with Gasteiger partial charge in [0.2, 0.25) is 11.5 Å². The quantitative estimate of drug-likeness (QED) is 0.750. The minimum Gasteiger partial charge on any atom is -0.464 e. The maximum absolute atomic E-state index is 12.9. The fourth-order valence-electron chi connectivity index (χ4n) is 3.19. The fourth-order valence-corrected chi connectivity index (χ4v) is 3.19. The van der Waals surface area contributed by atoms with Crippen molar-refractivity contribution >= 4 is 28.5 Å². The number of para-hydroxylation sites is 2. The number of hydrogen-bond donors (Lipinski definition) is 1. The molecule has 5 heteroatoms. The number of benzene rings is 2. The van der Waals surface area contributed by atoms with Gasteiger partial charge in [-0.3, -0.25) is 9.59 Å². The van der Waals surface area contributed by atoms with Gasteiger partial charge in [0.25, 0.3) is 5.91 Å². The first-order chi connectivity index (χ1) is 11.0. The molecular weight excluding hydrogens is 294 g/mol. The van der Waals surface area contributed by atoms with Crippen molar-refractivity contribution < 1.29 is 19.1 Å². The molecule has 2 aromatic carbocycles. The monoisotopic (exact) mass is 307 g/mol. The van der Waals surface area contributed by atoms with E-state index in [0.717, 1.165) is 4.90 Å². The van der Waals surface area contributed by atoms with Gasteiger partial charge >= 0.3 is 0 Å². The number of hydrogen-bond acceptors (Lipinski definition) is 4. The van der Waals surface area contributed by atoms with Crippen LogP contribution in [0.2, 0.25) is 0 Å². The molecule has 5 nitrogen and oxygen atoms in total. The van der Waals surface area contributed by atoms with E-state index >= 15 is 0 Å². The first-order valence-electron chi connectivity index (χ1n) is 7.19. The van der Waals surface area contributed by atoms with Gasteiger partial charge in [0, 0.05) is 23.4 Å². The first kappa shape index (κ1) is 13.7. The Kier molecular flexibility index (Phi) is 2.71.